The highest BCUT2D eigenvalue weighted by Crippen LogP contribution is 2.30. The molecule has 4 rings (SSSR count). The third kappa shape index (κ3) is 4.05. The van der Waals surface area contributed by atoms with E-state index in [1.54, 1.807) is 17.0 Å². The Kier molecular flexibility index (Phi) is 5.30. The average molecular weight is 432 g/mol. The molecule has 0 radical (unpaired) electrons. The number of aromatic nitrogens is 3. The molecular weight excluding hydrogens is 413 g/mol. The van der Waals surface area contributed by atoms with Gasteiger partial charge in [0.15, 0.2) is 0 Å². The van der Waals surface area contributed by atoms with Crippen LogP contribution in [0.4, 0.5) is 24.8 Å². The van der Waals surface area contributed by atoms with Gasteiger partial charge in [-0.1, -0.05) is 12.1 Å². The maximum absolute atomic E-state index is 12.8. The van der Waals surface area contributed by atoms with Crippen LogP contribution in [0.3, 0.4) is 0 Å². The molecule has 0 fully saturated rings. The molecule has 1 aliphatic rings. The molecule has 3 aromatic rings. The van der Waals surface area contributed by atoms with Crippen molar-refractivity contribution in [2.24, 2.45) is 0 Å². The fraction of sp³-hybridized carbons (Fsp3) is 0.286. The number of hydrogen-bond acceptors (Lipinski definition) is 5. The van der Waals surface area contributed by atoms with Crippen LogP contribution in [0.25, 0.3) is 0 Å². The third-order valence-electron chi connectivity index (χ3n) is 4.98. The van der Waals surface area contributed by atoms with Crippen LogP contribution in [0.1, 0.15) is 18.1 Å². The van der Waals surface area contributed by atoms with E-state index in [1.807, 2.05) is 19.1 Å². The Morgan fingerprint density at radius 2 is 1.65 bits per heavy atom. The zero-order chi connectivity index (χ0) is 22.2. The number of halogens is 3. The van der Waals surface area contributed by atoms with Crippen LogP contribution in [0.15, 0.2) is 58.1 Å². The molecule has 0 amide bonds. The van der Waals surface area contributed by atoms with Crippen molar-refractivity contribution in [2.75, 3.05) is 18.1 Å². The molecule has 0 unspecified atom stereocenters. The number of rotatable bonds is 5. The highest BCUT2D eigenvalue weighted by molar-refractivity contribution is 5.59. The Hall–Kier alpha value is -3.56. The van der Waals surface area contributed by atoms with Crippen molar-refractivity contribution >= 4 is 11.6 Å². The summed E-state index contributed by atoms with van der Waals surface area (Å²) in [5, 5.41) is 4.34. The van der Waals surface area contributed by atoms with Crippen molar-refractivity contribution in [3.63, 3.8) is 0 Å². The largest absolute Gasteiger partial charge is 0.494 e. The van der Waals surface area contributed by atoms with Crippen molar-refractivity contribution in [3.05, 3.63) is 80.4 Å². The molecule has 7 nitrogen and oxygen atoms in total. The molecule has 0 saturated heterocycles. The third-order valence-corrected chi connectivity index (χ3v) is 4.98. The quantitative estimate of drug-likeness (QED) is 0.580. The topological polar surface area (TPSA) is 69.4 Å². The number of anilines is 2. The normalized spacial score (nSPS) is 13.4. The maximum Gasteiger partial charge on any atom is 0.416 e. The van der Waals surface area contributed by atoms with Gasteiger partial charge in [0.05, 0.1) is 18.7 Å². The Balaban J connectivity index is 1.66. The molecule has 31 heavy (non-hydrogen) atoms. The lowest BCUT2D eigenvalue weighted by Crippen LogP contribution is -2.42. The summed E-state index contributed by atoms with van der Waals surface area (Å²) in [6.45, 7) is 3.08. The van der Waals surface area contributed by atoms with Crippen molar-refractivity contribution in [3.8, 4) is 5.75 Å². The molecule has 0 saturated carbocycles. The molecule has 2 heterocycles. The van der Waals surface area contributed by atoms with Crippen LogP contribution in [0.5, 0.6) is 5.75 Å². The predicted molar refractivity (Wildman–Crippen MR) is 108 cm³/mol. The molecular formula is C21H19F3N4O3. The van der Waals surface area contributed by atoms with E-state index in [4.69, 9.17) is 4.74 Å². The fourth-order valence-electron chi connectivity index (χ4n) is 3.44. The Morgan fingerprint density at radius 3 is 2.26 bits per heavy atom. The lowest BCUT2D eigenvalue weighted by Gasteiger charge is -2.18. The minimum Gasteiger partial charge on any atom is -0.494 e. The van der Waals surface area contributed by atoms with Crippen molar-refractivity contribution < 1.29 is 17.9 Å². The summed E-state index contributed by atoms with van der Waals surface area (Å²) in [6, 6.07) is 11.7. The van der Waals surface area contributed by atoms with E-state index in [0.29, 0.717) is 37.0 Å². The first kappa shape index (κ1) is 20.7. The molecule has 162 valence electrons. The van der Waals surface area contributed by atoms with Crippen LogP contribution in [0.2, 0.25) is 0 Å². The first-order valence-electron chi connectivity index (χ1n) is 9.66. The number of ether oxygens (including phenoxy) is 1. The molecule has 2 aromatic carbocycles. The molecule has 10 heteroatoms. The standard InChI is InChI=1S/C21H19F3N4O3/c1-2-31-17-9-7-16(8-10-17)26-11-12-27-18(29)19(30)28(25-20(26)27)13-14-3-5-15(6-4-14)21(22,23)24/h3-10H,2,11-13H2,1H3. The number of fused-ring (bicyclic) bond motifs is 1. The first-order chi connectivity index (χ1) is 14.8. The summed E-state index contributed by atoms with van der Waals surface area (Å²) in [4.78, 5) is 26.8. The van der Waals surface area contributed by atoms with Gasteiger partial charge in [0.1, 0.15) is 5.75 Å². The molecule has 0 N–H and O–H groups in total. The van der Waals surface area contributed by atoms with Gasteiger partial charge in [-0.25, -0.2) is 4.68 Å². The zero-order valence-electron chi connectivity index (χ0n) is 16.6. The molecule has 1 aromatic heterocycles. The van der Waals surface area contributed by atoms with Gasteiger partial charge in [-0.15, -0.1) is 5.10 Å². The van der Waals surface area contributed by atoms with Gasteiger partial charge in [-0.2, -0.15) is 13.2 Å². The van der Waals surface area contributed by atoms with Gasteiger partial charge in [0, 0.05) is 18.8 Å². The van der Waals surface area contributed by atoms with E-state index < -0.39 is 22.9 Å². The Bertz CT molecular complexity index is 1200. The second kappa shape index (κ2) is 7.93. The van der Waals surface area contributed by atoms with E-state index in [1.165, 1.54) is 16.7 Å². The summed E-state index contributed by atoms with van der Waals surface area (Å²) >= 11 is 0. The molecule has 0 aliphatic carbocycles. The van der Waals surface area contributed by atoms with E-state index in [0.717, 1.165) is 22.5 Å². The summed E-state index contributed by atoms with van der Waals surface area (Å²) in [5.74, 6) is 1.02. The maximum atomic E-state index is 12.8. The summed E-state index contributed by atoms with van der Waals surface area (Å²) < 4.78 is 46.0. The van der Waals surface area contributed by atoms with Crippen molar-refractivity contribution in [2.45, 2.75) is 26.2 Å². The van der Waals surface area contributed by atoms with Gasteiger partial charge >= 0.3 is 17.3 Å². The van der Waals surface area contributed by atoms with E-state index in [2.05, 4.69) is 5.10 Å². The smallest absolute Gasteiger partial charge is 0.416 e. The minimum atomic E-state index is -4.45. The average Bonchev–Trinajstić information content (AvgIpc) is 3.16. The van der Waals surface area contributed by atoms with E-state index >= 15 is 0 Å². The fourth-order valence-corrected chi connectivity index (χ4v) is 3.44. The summed E-state index contributed by atoms with van der Waals surface area (Å²) in [7, 11) is 0. The first-order valence-corrected chi connectivity index (χ1v) is 9.66. The second-order valence-electron chi connectivity index (χ2n) is 6.99. The number of hydrogen-bond donors (Lipinski definition) is 0. The molecule has 0 atom stereocenters. The van der Waals surface area contributed by atoms with E-state index in [9.17, 15) is 22.8 Å². The van der Waals surface area contributed by atoms with Gasteiger partial charge < -0.3 is 9.64 Å². The number of alkyl halides is 3. The van der Waals surface area contributed by atoms with Crippen molar-refractivity contribution in [1.29, 1.82) is 0 Å². The van der Waals surface area contributed by atoms with Crippen LogP contribution in [0, 0.1) is 0 Å². The van der Waals surface area contributed by atoms with Gasteiger partial charge in [-0.3, -0.25) is 14.2 Å². The lowest BCUT2D eigenvalue weighted by atomic mass is 10.1. The molecule has 0 bridgehead atoms. The Morgan fingerprint density at radius 1 is 0.968 bits per heavy atom. The van der Waals surface area contributed by atoms with Crippen LogP contribution in [-0.2, 0) is 19.3 Å². The lowest BCUT2D eigenvalue weighted by molar-refractivity contribution is -0.137. The SMILES string of the molecule is CCOc1ccc(N2CCn3c2nn(Cc2ccc(C(F)(F)F)cc2)c(=O)c3=O)cc1. The van der Waals surface area contributed by atoms with Crippen LogP contribution >= 0.6 is 0 Å². The van der Waals surface area contributed by atoms with Crippen LogP contribution in [-0.4, -0.2) is 27.5 Å². The van der Waals surface area contributed by atoms with Gasteiger partial charge in [0.2, 0.25) is 5.95 Å². The van der Waals surface area contributed by atoms with Crippen LogP contribution < -0.4 is 20.8 Å². The van der Waals surface area contributed by atoms with Crippen molar-refractivity contribution in [1.82, 2.24) is 14.3 Å². The highest BCUT2D eigenvalue weighted by atomic mass is 19.4. The van der Waals surface area contributed by atoms with Gasteiger partial charge in [0.25, 0.3) is 0 Å². The minimum absolute atomic E-state index is 0.114. The zero-order valence-corrected chi connectivity index (χ0v) is 16.6. The second-order valence-corrected chi connectivity index (χ2v) is 6.99. The molecule has 1 aliphatic heterocycles. The number of benzene rings is 2. The summed E-state index contributed by atoms with van der Waals surface area (Å²) in [6.07, 6.45) is -4.45. The molecule has 0 spiro atoms. The highest BCUT2D eigenvalue weighted by Gasteiger charge is 2.30. The van der Waals surface area contributed by atoms with E-state index in [-0.39, 0.29) is 6.54 Å². The van der Waals surface area contributed by atoms with Gasteiger partial charge in [-0.05, 0) is 48.9 Å². The number of nitrogens with zero attached hydrogens (tertiary/aromatic N) is 4. The summed E-state index contributed by atoms with van der Waals surface area (Å²) in [5.41, 5.74) is -1.12. The predicted octanol–water partition coefficient (Wildman–Crippen LogP) is 3.02. The Labute approximate surface area is 174 Å². The monoisotopic (exact) mass is 432 g/mol.